The molecule has 1 heterocycles. The van der Waals surface area contributed by atoms with Gasteiger partial charge in [0.1, 0.15) is 0 Å². The summed E-state index contributed by atoms with van der Waals surface area (Å²) in [5, 5.41) is 0. The summed E-state index contributed by atoms with van der Waals surface area (Å²) in [6.07, 6.45) is 2.14. The number of benzene rings is 2. The number of nitrogens with zero attached hydrogens (tertiary/aromatic N) is 1. The fraction of sp³-hybridized carbons (Fsp3) is 0.409. The zero-order chi connectivity index (χ0) is 17.6. The van der Waals surface area contributed by atoms with Gasteiger partial charge in [-0.1, -0.05) is 60.7 Å². The zero-order valence-electron chi connectivity index (χ0n) is 15.1. The molecular weight excluding hydrogens is 310 g/mol. The summed E-state index contributed by atoms with van der Waals surface area (Å²) < 4.78 is 5.44. The van der Waals surface area contributed by atoms with Crippen molar-refractivity contribution in [1.82, 2.24) is 4.90 Å². The summed E-state index contributed by atoms with van der Waals surface area (Å²) in [4.78, 5) is 15.3. The van der Waals surface area contributed by atoms with E-state index >= 15 is 0 Å². The molecule has 0 bridgehead atoms. The maximum absolute atomic E-state index is 12.8. The van der Waals surface area contributed by atoms with Crippen molar-refractivity contribution in [3.63, 3.8) is 0 Å². The molecular formula is C22H27NO2. The fourth-order valence-electron chi connectivity index (χ4n) is 3.98. The Balaban J connectivity index is 1.90. The van der Waals surface area contributed by atoms with Gasteiger partial charge < -0.3 is 4.74 Å². The molecule has 132 valence electrons. The molecule has 0 unspecified atom stereocenters. The van der Waals surface area contributed by atoms with Crippen LogP contribution in [-0.2, 0) is 9.53 Å². The Morgan fingerprint density at radius 1 is 1.08 bits per heavy atom. The van der Waals surface area contributed by atoms with Crippen LogP contribution in [0.4, 0.5) is 0 Å². The summed E-state index contributed by atoms with van der Waals surface area (Å²) in [5.41, 5.74) is 2.35. The molecule has 25 heavy (non-hydrogen) atoms. The first-order valence-corrected chi connectivity index (χ1v) is 9.24. The number of hydrogen-bond donors (Lipinski definition) is 0. The van der Waals surface area contributed by atoms with Gasteiger partial charge in [0.05, 0.1) is 12.5 Å². The number of carbonyl (C=O) groups is 1. The van der Waals surface area contributed by atoms with Crippen LogP contribution in [-0.4, -0.2) is 30.1 Å². The second-order valence-corrected chi connectivity index (χ2v) is 6.67. The molecule has 0 amide bonds. The topological polar surface area (TPSA) is 29.5 Å². The second-order valence-electron chi connectivity index (χ2n) is 6.67. The molecule has 1 saturated heterocycles. The highest BCUT2D eigenvalue weighted by molar-refractivity contribution is 5.79. The van der Waals surface area contributed by atoms with Crippen molar-refractivity contribution in [1.29, 1.82) is 0 Å². The van der Waals surface area contributed by atoms with E-state index in [0.29, 0.717) is 6.61 Å². The first kappa shape index (κ1) is 17.7. The summed E-state index contributed by atoms with van der Waals surface area (Å²) >= 11 is 0. The van der Waals surface area contributed by atoms with Gasteiger partial charge in [0.15, 0.2) is 0 Å². The predicted molar refractivity (Wildman–Crippen MR) is 100 cm³/mol. The standard InChI is InChI=1S/C22H27NO2/c1-3-25-22(24)21(19-13-8-5-9-14-19)20-15-10-16-23(20)17(2)18-11-6-4-7-12-18/h4-9,11-14,17,20-21H,3,10,15-16H2,1-2H3/t17-,20-,21-/m1/s1. The molecule has 0 N–H and O–H groups in total. The minimum atomic E-state index is -0.227. The van der Waals surface area contributed by atoms with Gasteiger partial charge in [0.25, 0.3) is 0 Å². The van der Waals surface area contributed by atoms with Gasteiger partial charge in [-0.15, -0.1) is 0 Å². The van der Waals surface area contributed by atoms with E-state index in [1.165, 1.54) is 5.56 Å². The average Bonchev–Trinajstić information content (AvgIpc) is 3.12. The number of hydrogen-bond acceptors (Lipinski definition) is 3. The first-order valence-electron chi connectivity index (χ1n) is 9.24. The lowest BCUT2D eigenvalue weighted by molar-refractivity contribution is -0.146. The molecule has 3 rings (SSSR count). The van der Waals surface area contributed by atoms with Crippen molar-refractivity contribution in [2.45, 2.75) is 44.7 Å². The van der Waals surface area contributed by atoms with Crippen molar-refractivity contribution in [2.24, 2.45) is 0 Å². The van der Waals surface area contributed by atoms with Gasteiger partial charge in [-0.25, -0.2) is 0 Å². The molecule has 1 aliphatic rings. The maximum atomic E-state index is 12.8. The smallest absolute Gasteiger partial charge is 0.315 e. The molecule has 2 aromatic carbocycles. The second kappa shape index (κ2) is 8.30. The highest BCUT2D eigenvalue weighted by Crippen LogP contribution is 2.37. The van der Waals surface area contributed by atoms with E-state index in [1.54, 1.807) is 0 Å². The van der Waals surface area contributed by atoms with E-state index in [-0.39, 0.29) is 24.0 Å². The van der Waals surface area contributed by atoms with Gasteiger partial charge >= 0.3 is 5.97 Å². The Labute approximate surface area is 150 Å². The van der Waals surface area contributed by atoms with Crippen molar-refractivity contribution < 1.29 is 9.53 Å². The molecule has 0 aromatic heterocycles. The molecule has 3 nitrogen and oxygen atoms in total. The van der Waals surface area contributed by atoms with Crippen LogP contribution in [0.2, 0.25) is 0 Å². The lowest BCUT2D eigenvalue weighted by atomic mass is 9.89. The van der Waals surface area contributed by atoms with Crippen LogP contribution in [0.5, 0.6) is 0 Å². The van der Waals surface area contributed by atoms with Gasteiger partial charge in [-0.3, -0.25) is 9.69 Å². The van der Waals surface area contributed by atoms with Crippen molar-refractivity contribution >= 4 is 5.97 Å². The Hall–Kier alpha value is -2.13. The van der Waals surface area contributed by atoms with E-state index < -0.39 is 0 Å². The molecule has 3 atom stereocenters. The number of rotatable bonds is 6. The van der Waals surface area contributed by atoms with Crippen LogP contribution in [0.25, 0.3) is 0 Å². The molecule has 0 saturated carbocycles. The van der Waals surface area contributed by atoms with Gasteiger partial charge in [-0.2, -0.15) is 0 Å². The molecule has 1 aliphatic heterocycles. The van der Waals surface area contributed by atoms with Gasteiger partial charge in [0.2, 0.25) is 0 Å². The summed E-state index contributed by atoms with van der Waals surface area (Å²) in [7, 11) is 0. The third-order valence-corrected chi connectivity index (χ3v) is 5.21. The van der Waals surface area contributed by atoms with Gasteiger partial charge in [-0.05, 0) is 44.4 Å². The van der Waals surface area contributed by atoms with Crippen LogP contribution < -0.4 is 0 Å². The van der Waals surface area contributed by atoms with E-state index in [9.17, 15) is 4.79 Å². The predicted octanol–water partition coefficient (Wildman–Crippen LogP) is 4.56. The average molecular weight is 337 g/mol. The molecule has 0 radical (unpaired) electrons. The summed E-state index contributed by atoms with van der Waals surface area (Å²) in [5.74, 6) is -0.333. The number of carbonyl (C=O) groups excluding carboxylic acids is 1. The largest absolute Gasteiger partial charge is 0.465 e. The van der Waals surface area contributed by atoms with Crippen LogP contribution >= 0.6 is 0 Å². The molecule has 0 spiro atoms. The highest BCUT2D eigenvalue weighted by atomic mass is 16.5. The maximum Gasteiger partial charge on any atom is 0.315 e. The molecule has 1 fully saturated rings. The summed E-state index contributed by atoms with van der Waals surface area (Å²) in [6, 6.07) is 21.1. The Bertz CT molecular complexity index is 671. The fourth-order valence-corrected chi connectivity index (χ4v) is 3.98. The highest BCUT2D eigenvalue weighted by Gasteiger charge is 2.39. The van der Waals surface area contributed by atoms with E-state index in [0.717, 1.165) is 24.9 Å². The Morgan fingerprint density at radius 3 is 2.28 bits per heavy atom. The van der Waals surface area contributed by atoms with Crippen LogP contribution in [0.3, 0.4) is 0 Å². The third-order valence-electron chi connectivity index (χ3n) is 5.21. The van der Waals surface area contributed by atoms with Crippen molar-refractivity contribution in [2.75, 3.05) is 13.2 Å². The molecule has 2 aromatic rings. The summed E-state index contributed by atoms with van der Waals surface area (Å²) in [6.45, 7) is 5.55. The lowest BCUT2D eigenvalue weighted by Gasteiger charge is -2.35. The van der Waals surface area contributed by atoms with Crippen LogP contribution in [0.1, 0.15) is 49.8 Å². The normalized spacial score (nSPS) is 20.2. The van der Waals surface area contributed by atoms with E-state index in [2.05, 4.69) is 36.1 Å². The SMILES string of the molecule is CCOC(=O)[C@H](c1ccccc1)[C@H]1CCCN1[C@H](C)c1ccccc1. The van der Waals surface area contributed by atoms with Crippen LogP contribution in [0, 0.1) is 0 Å². The number of likely N-dealkylation sites (tertiary alicyclic amines) is 1. The zero-order valence-corrected chi connectivity index (χ0v) is 15.1. The van der Waals surface area contributed by atoms with Crippen molar-refractivity contribution in [3.8, 4) is 0 Å². The monoisotopic (exact) mass is 337 g/mol. The van der Waals surface area contributed by atoms with Crippen molar-refractivity contribution in [3.05, 3.63) is 71.8 Å². The Morgan fingerprint density at radius 2 is 1.68 bits per heavy atom. The van der Waals surface area contributed by atoms with Crippen LogP contribution in [0.15, 0.2) is 60.7 Å². The molecule has 3 heteroatoms. The number of ether oxygens (including phenoxy) is 1. The Kier molecular flexibility index (Phi) is 5.87. The number of esters is 1. The van der Waals surface area contributed by atoms with E-state index in [1.807, 2.05) is 43.3 Å². The molecule has 0 aliphatic carbocycles. The quantitative estimate of drug-likeness (QED) is 0.724. The lowest BCUT2D eigenvalue weighted by Crippen LogP contribution is -2.40. The van der Waals surface area contributed by atoms with Gasteiger partial charge in [0, 0.05) is 12.1 Å². The minimum absolute atomic E-state index is 0.106. The minimum Gasteiger partial charge on any atom is -0.465 e. The first-order chi connectivity index (χ1) is 12.2. The van der Waals surface area contributed by atoms with E-state index in [4.69, 9.17) is 4.74 Å². The third kappa shape index (κ3) is 3.93.